The summed E-state index contributed by atoms with van der Waals surface area (Å²) in [5, 5.41) is 0. The van der Waals surface area contributed by atoms with Crippen molar-refractivity contribution in [3.05, 3.63) is 0 Å². The Labute approximate surface area is 65.6 Å². The first-order chi connectivity index (χ1) is 4.84. The fraction of sp³-hybridized carbons (Fsp3) is 1.00. The monoisotopic (exact) mass is 163 g/mol. The second-order valence-corrected chi connectivity index (χ2v) is 3.82. The van der Waals surface area contributed by atoms with Gasteiger partial charge in [-0.1, -0.05) is 0 Å². The third-order valence-corrected chi connectivity index (χ3v) is 3.12. The molecule has 2 unspecified atom stereocenters. The molecule has 3 heteroatoms. The second kappa shape index (κ2) is 4.19. The third kappa shape index (κ3) is 2.13. The van der Waals surface area contributed by atoms with Crippen LogP contribution in [0.1, 0.15) is 12.8 Å². The Morgan fingerprint density at radius 3 is 2.80 bits per heavy atom. The van der Waals surface area contributed by atoms with Crippen molar-refractivity contribution in [2.24, 2.45) is 11.7 Å². The maximum atomic E-state index is 12.8. The van der Waals surface area contributed by atoms with Crippen LogP contribution >= 0.6 is 11.8 Å². The molecule has 1 nitrogen and oxygen atoms in total. The standard InChI is InChI=1S/C7H14FNS/c8-7-5-10-4-6(7)2-1-3-9/h6-7H,1-5,9H2. The normalized spacial score (nSPS) is 33.0. The minimum atomic E-state index is -0.559. The van der Waals surface area contributed by atoms with E-state index in [1.165, 1.54) is 0 Å². The van der Waals surface area contributed by atoms with E-state index in [0.29, 0.717) is 18.2 Å². The van der Waals surface area contributed by atoms with Crippen molar-refractivity contribution in [3.63, 3.8) is 0 Å². The molecule has 0 radical (unpaired) electrons. The molecular formula is C7H14FNS. The average molecular weight is 163 g/mol. The highest BCUT2D eigenvalue weighted by molar-refractivity contribution is 7.99. The molecule has 0 aromatic rings. The highest BCUT2D eigenvalue weighted by Gasteiger charge is 2.26. The number of rotatable bonds is 3. The fourth-order valence-corrected chi connectivity index (χ4v) is 2.53. The van der Waals surface area contributed by atoms with Crippen molar-refractivity contribution < 1.29 is 4.39 Å². The molecule has 1 rings (SSSR count). The lowest BCUT2D eigenvalue weighted by Gasteiger charge is -2.09. The van der Waals surface area contributed by atoms with Crippen molar-refractivity contribution in [1.82, 2.24) is 0 Å². The van der Waals surface area contributed by atoms with Crippen LogP contribution in [0.3, 0.4) is 0 Å². The predicted octanol–water partition coefficient (Wildman–Crippen LogP) is 1.43. The molecule has 1 saturated heterocycles. The van der Waals surface area contributed by atoms with Gasteiger partial charge in [-0.05, 0) is 25.1 Å². The Morgan fingerprint density at radius 1 is 1.50 bits per heavy atom. The number of hydrogen-bond acceptors (Lipinski definition) is 2. The Morgan fingerprint density at radius 2 is 2.30 bits per heavy atom. The Hall–Kier alpha value is 0.240. The zero-order valence-corrected chi connectivity index (χ0v) is 6.87. The average Bonchev–Trinajstić information content (AvgIpc) is 2.31. The smallest absolute Gasteiger partial charge is 0.113 e. The van der Waals surface area contributed by atoms with E-state index < -0.39 is 6.17 Å². The minimum Gasteiger partial charge on any atom is -0.330 e. The van der Waals surface area contributed by atoms with Crippen LogP contribution in [-0.2, 0) is 0 Å². The molecule has 0 aromatic carbocycles. The van der Waals surface area contributed by atoms with Gasteiger partial charge in [0.05, 0.1) is 0 Å². The summed E-state index contributed by atoms with van der Waals surface area (Å²) < 4.78 is 12.8. The highest BCUT2D eigenvalue weighted by atomic mass is 32.2. The Balaban J connectivity index is 2.14. The van der Waals surface area contributed by atoms with Crippen LogP contribution in [0.25, 0.3) is 0 Å². The molecular weight excluding hydrogens is 149 g/mol. The van der Waals surface area contributed by atoms with Gasteiger partial charge >= 0.3 is 0 Å². The quantitative estimate of drug-likeness (QED) is 0.681. The molecule has 0 spiro atoms. The number of nitrogens with two attached hydrogens (primary N) is 1. The van der Waals surface area contributed by atoms with E-state index >= 15 is 0 Å². The maximum Gasteiger partial charge on any atom is 0.113 e. The van der Waals surface area contributed by atoms with Crippen LogP contribution in [0.4, 0.5) is 4.39 Å². The van der Waals surface area contributed by atoms with Crippen LogP contribution < -0.4 is 5.73 Å². The van der Waals surface area contributed by atoms with E-state index in [1.54, 1.807) is 11.8 Å². The summed E-state index contributed by atoms with van der Waals surface area (Å²) in [5.74, 6) is 2.00. The van der Waals surface area contributed by atoms with Gasteiger partial charge in [0.1, 0.15) is 6.17 Å². The van der Waals surface area contributed by atoms with E-state index in [1.807, 2.05) is 0 Å². The van der Waals surface area contributed by atoms with Crippen molar-refractivity contribution >= 4 is 11.8 Å². The van der Waals surface area contributed by atoms with Crippen molar-refractivity contribution in [2.75, 3.05) is 18.1 Å². The highest BCUT2D eigenvalue weighted by Crippen LogP contribution is 2.29. The molecule has 0 amide bonds. The Bertz CT molecular complexity index is 99.6. The van der Waals surface area contributed by atoms with Crippen LogP contribution in [0.2, 0.25) is 0 Å². The first kappa shape index (κ1) is 8.34. The molecule has 0 aromatic heterocycles. The van der Waals surface area contributed by atoms with E-state index in [2.05, 4.69) is 0 Å². The number of alkyl halides is 1. The van der Waals surface area contributed by atoms with E-state index in [4.69, 9.17) is 5.73 Å². The van der Waals surface area contributed by atoms with Gasteiger partial charge in [0.25, 0.3) is 0 Å². The van der Waals surface area contributed by atoms with Crippen LogP contribution in [0, 0.1) is 5.92 Å². The molecule has 10 heavy (non-hydrogen) atoms. The molecule has 2 N–H and O–H groups in total. The number of thioether (sulfide) groups is 1. The van der Waals surface area contributed by atoms with Gasteiger partial charge in [0.15, 0.2) is 0 Å². The minimum absolute atomic E-state index is 0.300. The lowest BCUT2D eigenvalue weighted by atomic mass is 10.0. The summed E-state index contributed by atoms with van der Waals surface area (Å²) >= 11 is 1.72. The second-order valence-electron chi connectivity index (χ2n) is 2.74. The molecule has 1 aliphatic heterocycles. The molecule has 1 heterocycles. The molecule has 0 bridgehead atoms. The summed E-state index contributed by atoms with van der Waals surface area (Å²) in [4.78, 5) is 0. The molecule has 1 fully saturated rings. The van der Waals surface area contributed by atoms with Crippen LogP contribution in [-0.4, -0.2) is 24.2 Å². The molecule has 0 saturated carbocycles. The zero-order valence-electron chi connectivity index (χ0n) is 6.05. The van der Waals surface area contributed by atoms with Gasteiger partial charge in [-0.15, -0.1) is 0 Å². The first-order valence-corrected chi connectivity index (χ1v) is 4.92. The largest absolute Gasteiger partial charge is 0.330 e. The van der Waals surface area contributed by atoms with Gasteiger partial charge in [0.2, 0.25) is 0 Å². The Kier molecular flexibility index (Phi) is 3.49. The van der Waals surface area contributed by atoms with Gasteiger partial charge in [-0.3, -0.25) is 0 Å². The van der Waals surface area contributed by atoms with Gasteiger partial charge < -0.3 is 5.73 Å². The van der Waals surface area contributed by atoms with Crippen LogP contribution in [0.5, 0.6) is 0 Å². The number of halogens is 1. The molecule has 2 atom stereocenters. The molecule has 0 aliphatic carbocycles. The van der Waals surface area contributed by atoms with Crippen molar-refractivity contribution in [1.29, 1.82) is 0 Å². The van der Waals surface area contributed by atoms with Crippen LogP contribution in [0.15, 0.2) is 0 Å². The van der Waals surface area contributed by atoms with E-state index in [9.17, 15) is 4.39 Å². The maximum absolute atomic E-state index is 12.8. The summed E-state index contributed by atoms with van der Waals surface area (Å²) in [6.07, 6.45) is 1.40. The van der Waals surface area contributed by atoms with E-state index in [0.717, 1.165) is 18.6 Å². The van der Waals surface area contributed by atoms with Crippen molar-refractivity contribution in [3.8, 4) is 0 Å². The summed E-state index contributed by atoms with van der Waals surface area (Å²) in [7, 11) is 0. The number of hydrogen-bond donors (Lipinski definition) is 1. The summed E-state index contributed by atoms with van der Waals surface area (Å²) in [5.41, 5.74) is 5.32. The molecule has 1 aliphatic rings. The van der Waals surface area contributed by atoms with Gasteiger partial charge in [-0.25, -0.2) is 4.39 Å². The summed E-state index contributed by atoms with van der Waals surface area (Å²) in [6.45, 7) is 0.702. The third-order valence-electron chi connectivity index (χ3n) is 1.90. The lowest BCUT2D eigenvalue weighted by molar-refractivity contribution is 0.271. The summed E-state index contributed by atoms with van der Waals surface area (Å²) in [6, 6.07) is 0. The topological polar surface area (TPSA) is 26.0 Å². The van der Waals surface area contributed by atoms with Crippen molar-refractivity contribution in [2.45, 2.75) is 19.0 Å². The fourth-order valence-electron chi connectivity index (χ4n) is 1.22. The zero-order chi connectivity index (χ0) is 7.40. The van der Waals surface area contributed by atoms with Gasteiger partial charge in [0, 0.05) is 11.7 Å². The van der Waals surface area contributed by atoms with E-state index in [-0.39, 0.29) is 0 Å². The first-order valence-electron chi connectivity index (χ1n) is 3.76. The molecule has 60 valence electrons. The SMILES string of the molecule is NCCCC1CSCC1F. The predicted molar refractivity (Wildman–Crippen MR) is 44.0 cm³/mol. The lowest BCUT2D eigenvalue weighted by Crippen LogP contribution is -2.14. The van der Waals surface area contributed by atoms with Gasteiger partial charge in [-0.2, -0.15) is 11.8 Å².